The molecule has 0 spiro atoms. The molecule has 18 heteroatoms. The average molecular weight is 866 g/mol. The van der Waals surface area contributed by atoms with Gasteiger partial charge in [-0.25, -0.2) is 4.79 Å². The van der Waals surface area contributed by atoms with Crippen LogP contribution in [-0.4, -0.2) is 84.9 Å². The predicted molar refractivity (Wildman–Crippen MR) is 219 cm³/mol. The van der Waals surface area contributed by atoms with Gasteiger partial charge >= 0.3 is 35.5 Å². The number of nitrogens with two attached hydrogens (primary N) is 1. The molecule has 2 aliphatic rings. The van der Waals surface area contributed by atoms with E-state index in [2.05, 4.69) is 18.4 Å². The predicted octanol–water partition coefficient (Wildman–Crippen LogP) is 2.95. The summed E-state index contributed by atoms with van der Waals surface area (Å²) in [5.74, 6) is -1.86. The van der Waals surface area contributed by atoms with Crippen LogP contribution in [0.15, 0.2) is 102 Å². The second kappa shape index (κ2) is 18.3. The SMILES string of the molecule is CC1(C)C(/C=C/C=C/C=C2/N(CCCCS(=O)(=O)O)c3ccc(S(=O)(=O)O)cc3C2(C)Cc2ccc(C(=O)O)cc2)=[N+](CCCCS(=O)(=O)O)c2ccc(N)cc21.[Na+]. The smallest absolute Gasteiger partial charge is 0.478 e. The molecule has 14 nitrogen and oxygen atoms in total. The van der Waals surface area contributed by atoms with Crippen LogP contribution in [0.1, 0.15) is 73.5 Å². The third-order valence-electron chi connectivity index (χ3n) is 10.5. The zero-order chi connectivity index (χ0) is 42.0. The van der Waals surface area contributed by atoms with E-state index in [1.54, 1.807) is 18.2 Å². The Balaban J connectivity index is 0.00000744. The molecule has 0 aliphatic carbocycles. The zero-order valence-corrected chi connectivity index (χ0v) is 37.3. The monoisotopic (exact) mass is 865 g/mol. The number of carboxylic acids is 1. The standard InChI is InChI=1S/C40H47N3O11S3.Na/c1-39(2)32-25-30(41)17-19-34(32)42(21-7-9-23-55(46,47)48)36(39)11-5-4-6-12-37-40(3,27-28-13-15-29(16-14-28)38(44)45)33-26-31(57(52,53)54)18-20-35(33)43(37)22-8-10-24-56(49,50)51;/h4-6,11-20,25-26H,7-10,21-24,27,41H2,1-3H3,(H3-,44,45,46,47,48,49,50,51,52,53,54);/q;+1/p+1. The Hall–Kier alpha value is -3.65. The summed E-state index contributed by atoms with van der Waals surface area (Å²) in [6, 6.07) is 16.3. The van der Waals surface area contributed by atoms with Crippen LogP contribution in [0.25, 0.3) is 0 Å². The first kappa shape index (κ1) is 47.0. The number of aromatic carboxylic acids is 1. The Morgan fingerprint density at radius 3 is 2.03 bits per heavy atom. The van der Waals surface area contributed by atoms with Gasteiger partial charge in [-0.15, -0.1) is 0 Å². The molecule has 0 saturated heterocycles. The minimum Gasteiger partial charge on any atom is -0.478 e. The number of nitrogens with zero attached hydrogens (tertiary/aromatic N) is 2. The van der Waals surface area contributed by atoms with Crippen molar-refractivity contribution in [3.8, 4) is 0 Å². The molecule has 5 rings (SSSR count). The molecule has 1 unspecified atom stereocenters. The average Bonchev–Trinajstić information content (AvgIpc) is 3.45. The van der Waals surface area contributed by atoms with E-state index in [4.69, 9.17) is 5.73 Å². The summed E-state index contributed by atoms with van der Waals surface area (Å²) in [5.41, 5.74) is 11.1. The Bertz CT molecular complexity index is 2510. The number of carboxylic acid groups (broad SMARTS) is 1. The molecular weight excluding hydrogens is 818 g/mol. The maximum absolute atomic E-state index is 12.3. The first-order chi connectivity index (χ1) is 26.5. The molecule has 306 valence electrons. The van der Waals surface area contributed by atoms with Crippen molar-refractivity contribution >= 4 is 59.1 Å². The fourth-order valence-corrected chi connectivity index (χ4v) is 9.34. The third kappa shape index (κ3) is 11.1. The van der Waals surface area contributed by atoms with E-state index in [0.717, 1.165) is 28.2 Å². The second-order valence-corrected chi connectivity index (χ2v) is 19.6. The van der Waals surface area contributed by atoms with Gasteiger partial charge in [0.25, 0.3) is 30.4 Å². The van der Waals surface area contributed by atoms with Crippen molar-refractivity contribution in [2.45, 2.75) is 68.6 Å². The van der Waals surface area contributed by atoms with Gasteiger partial charge in [-0.1, -0.05) is 30.4 Å². The molecule has 0 radical (unpaired) electrons. The Morgan fingerprint density at radius 2 is 1.43 bits per heavy atom. The fraction of sp³-hybridized carbons (Fsp3) is 0.350. The Morgan fingerprint density at radius 1 is 0.793 bits per heavy atom. The Labute approximate surface area is 362 Å². The van der Waals surface area contributed by atoms with Crippen LogP contribution in [-0.2, 0) is 47.6 Å². The molecule has 2 aliphatic heterocycles. The number of nitrogen functional groups attached to an aromatic ring is 1. The summed E-state index contributed by atoms with van der Waals surface area (Å²) >= 11 is 0. The molecule has 0 fully saturated rings. The number of unbranched alkanes of at least 4 members (excludes halogenated alkanes) is 2. The number of anilines is 2. The van der Waals surface area contributed by atoms with Crippen molar-refractivity contribution in [2.24, 2.45) is 0 Å². The van der Waals surface area contributed by atoms with Gasteiger partial charge in [-0.05, 0) is 106 Å². The van der Waals surface area contributed by atoms with E-state index in [1.807, 2.05) is 60.4 Å². The summed E-state index contributed by atoms with van der Waals surface area (Å²) in [5, 5.41) is 9.46. The van der Waals surface area contributed by atoms with Gasteiger partial charge < -0.3 is 15.7 Å². The first-order valence-corrected chi connectivity index (χ1v) is 22.9. The quantitative estimate of drug-likeness (QED) is 0.0329. The van der Waals surface area contributed by atoms with Crippen molar-refractivity contribution < 1.29 is 82.9 Å². The number of allylic oxidation sites excluding steroid dienone is 6. The number of hydrogen-bond donors (Lipinski definition) is 5. The van der Waals surface area contributed by atoms with Crippen molar-refractivity contribution in [1.29, 1.82) is 0 Å². The second-order valence-electron chi connectivity index (χ2n) is 15.0. The maximum Gasteiger partial charge on any atom is 1.00 e. The van der Waals surface area contributed by atoms with Gasteiger partial charge in [0.05, 0.1) is 27.4 Å². The van der Waals surface area contributed by atoms with E-state index < -0.39 is 52.9 Å². The van der Waals surface area contributed by atoms with Crippen molar-refractivity contribution in [3.05, 3.63) is 119 Å². The van der Waals surface area contributed by atoms with Crippen LogP contribution in [0.3, 0.4) is 0 Å². The van der Waals surface area contributed by atoms with Crippen LogP contribution in [0, 0.1) is 0 Å². The van der Waals surface area contributed by atoms with Crippen LogP contribution in [0.4, 0.5) is 17.1 Å². The minimum atomic E-state index is -4.59. The molecule has 58 heavy (non-hydrogen) atoms. The van der Waals surface area contributed by atoms with Gasteiger partial charge in [-0.3, -0.25) is 13.7 Å². The van der Waals surface area contributed by atoms with E-state index in [1.165, 1.54) is 24.3 Å². The van der Waals surface area contributed by atoms with E-state index in [9.17, 15) is 48.8 Å². The van der Waals surface area contributed by atoms with Crippen molar-refractivity contribution in [2.75, 3.05) is 35.2 Å². The van der Waals surface area contributed by atoms with Crippen LogP contribution < -0.4 is 40.2 Å². The summed E-state index contributed by atoms with van der Waals surface area (Å²) in [6.45, 7) is 6.85. The van der Waals surface area contributed by atoms with Gasteiger partial charge in [0.15, 0.2) is 5.71 Å². The van der Waals surface area contributed by atoms with Gasteiger partial charge in [0.1, 0.15) is 6.54 Å². The molecular formula is C40H48N3NaO11S3+2. The number of rotatable bonds is 17. The maximum atomic E-state index is 12.3. The summed E-state index contributed by atoms with van der Waals surface area (Å²) in [6.07, 6.45) is 10.9. The van der Waals surface area contributed by atoms with Gasteiger partial charge in [0.2, 0.25) is 5.69 Å². The van der Waals surface area contributed by atoms with E-state index in [0.29, 0.717) is 49.3 Å². The van der Waals surface area contributed by atoms with Gasteiger partial charge in [-0.2, -0.15) is 29.8 Å². The fourth-order valence-electron chi connectivity index (χ4n) is 7.69. The number of carbonyl (C=O) groups is 1. The summed E-state index contributed by atoms with van der Waals surface area (Å²) in [7, 11) is -12.9. The van der Waals surface area contributed by atoms with Crippen LogP contribution in [0.5, 0.6) is 0 Å². The topological polar surface area (TPSA) is 233 Å². The molecule has 0 saturated carbocycles. The summed E-state index contributed by atoms with van der Waals surface area (Å²) in [4.78, 5) is 13.2. The minimum absolute atomic E-state index is 0. The van der Waals surface area contributed by atoms with Crippen LogP contribution >= 0.6 is 0 Å². The number of benzene rings is 3. The van der Waals surface area contributed by atoms with Crippen LogP contribution in [0.2, 0.25) is 0 Å². The normalized spacial score (nSPS) is 18.6. The molecule has 1 atom stereocenters. The number of fused-ring (bicyclic) bond motifs is 2. The molecule has 2 heterocycles. The molecule has 6 N–H and O–H groups in total. The molecule has 3 aromatic rings. The summed E-state index contributed by atoms with van der Waals surface area (Å²) < 4.78 is 101. The van der Waals surface area contributed by atoms with Gasteiger partial charge in [0, 0.05) is 53.2 Å². The van der Waals surface area contributed by atoms with E-state index in [-0.39, 0.29) is 58.6 Å². The number of hydrogen-bond acceptors (Lipinski definition) is 9. The largest absolute Gasteiger partial charge is 1.00 e. The molecule has 0 amide bonds. The molecule has 0 aromatic heterocycles. The van der Waals surface area contributed by atoms with Crippen molar-refractivity contribution in [1.82, 2.24) is 0 Å². The zero-order valence-electron chi connectivity index (χ0n) is 32.9. The molecule has 3 aromatic carbocycles. The third-order valence-corrected chi connectivity index (χ3v) is 12.9. The van der Waals surface area contributed by atoms with Crippen molar-refractivity contribution in [3.63, 3.8) is 0 Å². The first-order valence-electron chi connectivity index (χ1n) is 18.2. The Kier molecular flexibility index (Phi) is 14.9. The molecule has 0 bridgehead atoms. The van der Waals surface area contributed by atoms with E-state index >= 15 is 0 Å².